The topological polar surface area (TPSA) is 19.4 Å². The van der Waals surface area contributed by atoms with Gasteiger partial charge in [-0.05, 0) is 48.6 Å². The molecule has 1 aliphatic rings. The molecule has 0 bridgehead atoms. The highest BCUT2D eigenvalue weighted by Gasteiger charge is 2.18. The summed E-state index contributed by atoms with van der Waals surface area (Å²) in [6.45, 7) is 9.80. The molecule has 142 valence electrons. The van der Waals surface area contributed by atoms with Gasteiger partial charge in [0.1, 0.15) is 11.0 Å². The van der Waals surface area contributed by atoms with Gasteiger partial charge in [-0.1, -0.05) is 49.2 Å². The number of nitrogens with zero attached hydrogens (tertiary/aromatic N) is 3. The molecule has 0 aliphatic carbocycles. The molecule has 2 aromatic rings. The second-order valence-electron chi connectivity index (χ2n) is 6.91. The van der Waals surface area contributed by atoms with E-state index in [2.05, 4.69) is 46.8 Å². The lowest BCUT2D eigenvalue weighted by Crippen LogP contribution is -2.47. The molecular weight excluding hydrogens is 365 g/mol. The Balaban J connectivity index is 0.00000243. The first kappa shape index (κ1) is 21.0. The summed E-state index contributed by atoms with van der Waals surface area (Å²) in [5.74, 6) is 0.995. The minimum Gasteiger partial charge on any atom is -0.354 e. The van der Waals surface area contributed by atoms with Crippen molar-refractivity contribution in [2.24, 2.45) is 0 Å². The molecule has 0 spiro atoms. The van der Waals surface area contributed by atoms with Crippen LogP contribution in [0.15, 0.2) is 36.4 Å². The van der Waals surface area contributed by atoms with E-state index < -0.39 is 0 Å². The molecule has 0 saturated carbocycles. The Hall–Kier alpha value is -1.29. The van der Waals surface area contributed by atoms with Crippen LogP contribution in [0.5, 0.6) is 0 Å². The van der Waals surface area contributed by atoms with Crippen molar-refractivity contribution in [1.29, 1.82) is 0 Å². The Kier molecular flexibility index (Phi) is 8.20. The molecule has 0 N–H and O–H groups in total. The number of hydrogen-bond donors (Lipinski definition) is 0. The van der Waals surface area contributed by atoms with Crippen molar-refractivity contribution in [3.05, 3.63) is 58.2 Å². The smallest absolute Gasteiger partial charge is 0.131 e. The minimum atomic E-state index is 0. The maximum Gasteiger partial charge on any atom is 0.131 e. The van der Waals surface area contributed by atoms with Crippen molar-refractivity contribution in [1.82, 2.24) is 9.88 Å². The molecule has 3 nitrogen and oxygen atoms in total. The molecule has 1 fully saturated rings. The molecule has 1 aromatic heterocycles. The lowest BCUT2D eigenvalue weighted by atomic mass is 9.99. The Morgan fingerprint density at radius 3 is 2.50 bits per heavy atom. The quantitative estimate of drug-likeness (QED) is 0.658. The second kappa shape index (κ2) is 10.1. The third kappa shape index (κ3) is 5.60. The van der Waals surface area contributed by atoms with Crippen molar-refractivity contribution >= 4 is 29.8 Å². The number of hydrogen-bond acceptors (Lipinski definition) is 3. The SMILES string of the molecule is CCCc1cc(CCN2CCN(c3cccc(Cl)n3)CC2)ccc1C.Cl. The van der Waals surface area contributed by atoms with Crippen molar-refractivity contribution in [3.63, 3.8) is 0 Å². The van der Waals surface area contributed by atoms with Crippen LogP contribution < -0.4 is 4.90 Å². The van der Waals surface area contributed by atoms with E-state index >= 15 is 0 Å². The Labute approximate surface area is 168 Å². The second-order valence-corrected chi connectivity index (χ2v) is 7.30. The van der Waals surface area contributed by atoms with Gasteiger partial charge in [0, 0.05) is 32.7 Å². The van der Waals surface area contributed by atoms with Crippen LogP contribution in [0, 0.1) is 6.92 Å². The molecule has 1 aliphatic heterocycles. The van der Waals surface area contributed by atoms with Gasteiger partial charge in [-0.2, -0.15) is 0 Å². The molecule has 0 amide bonds. The van der Waals surface area contributed by atoms with E-state index in [9.17, 15) is 0 Å². The zero-order chi connectivity index (χ0) is 17.6. The first-order valence-corrected chi connectivity index (χ1v) is 9.72. The van der Waals surface area contributed by atoms with E-state index in [4.69, 9.17) is 11.6 Å². The largest absolute Gasteiger partial charge is 0.354 e. The van der Waals surface area contributed by atoms with Crippen molar-refractivity contribution in [3.8, 4) is 0 Å². The van der Waals surface area contributed by atoms with Crippen molar-refractivity contribution in [2.45, 2.75) is 33.1 Å². The number of rotatable bonds is 6. The predicted molar refractivity (Wildman–Crippen MR) is 114 cm³/mol. The molecule has 2 heterocycles. The van der Waals surface area contributed by atoms with Gasteiger partial charge in [0.25, 0.3) is 0 Å². The van der Waals surface area contributed by atoms with Gasteiger partial charge in [0.15, 0.2) is 0 Å². The average molecular weight is 394 g/mol. The summed E-state index contributed by atoms with van der Waals surface area (Å²) >= 11 is 6.01. The van der Waals surface area contributed by atoms with Gasteiger partial charge < -0.3 is 4.90 Å². The van der Waals surface area contributed by atoms with E-state index in [1.165, 1.54) is 29.5 Å². The first-order chi connectivity index (χ1) is 12.2. The highest BCUT2D eigenvalue weighted by atomic mass is 35.5. The number of piperazine rings is 1. The van der Waals surface area contributed by atoms with Crippen molar-refractivity contribution < 1.29 is 0 Å². The summed E-state index contributed by atoms with van der Waals surface area (Å²) < 4.78 is 0. The van der Waals surface area contributed by atoms with Gasteiger partial charge in [-0.3, -0.25) is 4.90 Å². The first-order valence-electron chi connectivity index (χ1n) is 9.34. The van der Waals surface area contributed by atoms with Crippen molar-refractivity contribution in [2.75, 3.05) is 37.6 Å². The van der Waals surface area contributed by atoms with Crippen LogP contribution in [0.3, 0.4) is 0 Å². The summed E-state index contributed by atoms with van der Waals surface area (Å²) in [5, 5.41) is 0.571. The van der Waals surface area contributed by atoms with Gasteiger partial charge in [-0.15, -0.1) is 12.4 Å². The van der Waals surface area contributed by atoms with Gasteiger partial charge in [0.2, 0.25) is 0 Å². The van der Waals surface area contributed by atoms with Gasteiger partial charge in [0.05, 0.1) is 0 Å². The van der Waals surface area contributed by atoms with Crippen LogP contribution in [-0.2, 0) is 12.8 Å². The third-order valence-corrected chi connectivity index (χ3v) is 5.26. The summed E-state index contributed by atoms with van der Waals surface area (Å²) in [7, 11) is 0. The molecule has 5 heteroatoms. The number of aromatic nitrogens is 1. The van der Waals surface area contributed by atoms with E-state index in [0.29, 0.717) is 5.15 Å². The van der Waals surface area contributed by atoms with Crippen LogP contribution in [0.1, 0.15) is 30.0 Å². The molecule has 0 unspecified atom stereocenters. The maximum atomic E-state index is 6.01. The summed E-state index contributed by atoms with van der Waals surface area (Å²) in [5.41, 5.74) is 4.40. The number of aryl methyl sites for hydroxylation is 2. The highest BCUT2D eigenvalue weighted by molar-refractivity contribution is 6.29. The zero-order valence-electron chi connectivity index (χ0n) is 15.7. The van der Waals surface area contributed by atoms with Crippen LogP contribution >= 0.6 is 24.0 Å². The molecular formula is C21H29Cl2N3. The predicted octanol–water partition coefficient (Wildman–Crippen LogP) is 4.78. The fourth-order valence-electron chi connectivity index (χ4n) is 3.48. The van der Waals surface area contributed by atoms with Crippen LogP contribution in [-0.4, -0.2) is 42.6 Å². The molecule has 0 atom stereocenters. The molecule has 3 rings (SSSR count). The fourth-order valence-corrected chi connectivity index (χ4v) is 3.64. The molecule has 1 saturated heterocycles. The van der Waals surface area contributed by atoms with E-state index in [-0.39, 0.29) is 12.4 Å². The lowest BCUT2D eigenvalue weighted by molar-refractivity contribution is 0.260. The third-order valence-electron chi connectivity index (χ3n) is 5.05. The number of benzene rings is 1. The zero-order valence-corrected chi connectivity index (χ0v) is 17.3. The minimum absolute atomic E-state index is 0. The van der Waals surface area contributed by atoms with E-state index in [1.54, 1.807) is 0 Å². The van der Waals surface area contributed by atoms with Crippen LogP contribution in [0.25, 0.3) is 0 Å². The Morgan fingerprint density at radius 2 is 1.81 bits per heavy atom. The molecule has 26 heavy (non-hydrogen) atoms. The Bertz CT molecular complexity index is 697. The summed E-state index contributed by atoms with van der Waals surface area (Å²) in [6, 6.07) is 12.8. The van der Waals surface area contributed by atoms with E-state index in [0.717, 1.165) is 45.0 Å². The normalized spacial score (nSPS) is 15.0. The van der Waals surface area contributed by atoms with Crippen LogP contribution in [0.4, 0.5) is 5.82 Å². The highest BCUT2D eigenvalue weighted by Crippen LogP contribution is 2.17. The van der Waals surface area contributed by atoms with Crippen LogP contribution in [0.2, 0.25) is 5.15 Å². The standard InChI is InChI=1S/C21H28ClN3.ClH/c1-3-5-19-16-18(9-8-17(19)2)10-11-24-12-14-25(15-13-24)21-7-4-6-20(22)23-21;/h4,6-9,16H,3,5,10-15H2,1-2H3;1H. The fraction of sp³-hybridized carbons (Fsp3) is 0.476. The monoisotopic (exact) mass is 393 g/mol. The number of halogens is 2. The number of pyridine rings is 1. The van der Waals surface area contributed by atoms with Gasteiger partial charge in [-0.25, -0.2) is 4.98 Å². The lowest BCUT2D eigenvalue weighted by Gasteiger charge is -2.35. The average Bonchev–Trinajstić information content (AvgIpc) is 2.63. The Morgan fingerprint density at radius 1 is 1.04 bits per heavy atom. The summed E-state index contributed by atoms with van der Waals surface area (Å²) in [6.07, 6.45) is 3.53. The molecule has 1 aromatic carbocycles. The summed E-state index contributed by atoms with van der Waals surface area (Å²) in [4.78, 5) is 9.31. The van der Waals surface area contributed by atoms with Gasteiger partial charge >= 0.3 is 0 Å². The van der Waals surface area contributed by atoms with E-state index in [1.807, 2.05) is 18.2 Å². The maximum absolute atomic E-state index is 6.01. The number of anilines is 1. The molecule has 0 radical (unpaired) electrons.